The van der Waals surface area contributed by atoms with Crippen molar-refractivity contribution in [1.29, 1.82) is 0 Å². The van der Waals surface area contributed by atoms with E-state index in [0.717, 1.165) is 0 Å². The third-order valence-electron chi connectivity index (χ3n) is 3.77. The zero-order chi connectivity index (χ0) is 22.4. The number of hydrogen-bond donors (Lipinski definition) is 2. The standard InChI is InChI=1S/C20H33N3O8/c21-23-22-1-2-26-3-4-27-5-6-28-7-8-29-9-10-30-11-12-31-20-14-18(16-24)13-19(15-20)17-25/h13-15,24-25H,1-12,16-17H2. The molecule has 1 aromatic carbocycles. The predicted molar refractivity (Wildman–Crippen MR) is 112 cm³/mol. The van der Waals surface area contributed by atoms with E-state index in [2.05, 4.69) is 10.0 Å². The molecule has 0 aliphatic rings. The highest BCUT2D eigenvalue weighted by molar-refractivity contribution is 5.33. The van der Waals surface area contributed by atoms with E-state index in [4.69, 9.17) is 34.0 Å². The van der Waals surface area contributed by atoms with Gasteiger partial charge >= 0.3 is 0 Å². The van der Waals surface area contributed by atoms with Crippen molar-refractivity contribution in [3.63, 3.8) is 0 Å². The molecule has 11 nitrogen and oxygen atoms in total. The summed E-state index contributed by atoms with van der Waals surface area (Å²) in [6.07, 6.45) is 0. The van der Waals surface area contributed by atoms with Gasteiger partial charge in [0.25, 0.3) is 0 Å². The lowest BCUT2D eigenvalue weighted by atomic mass is 10.1. The Kier molecular flexibility index (Phi) is 17.5. The van der Waals surface area contributed by atoms with Gasteiger partial charge in [-0.2, -0.15) is 0 Å². The summed E-state index contributed by atoms with van der Waals surface area (Å²) in [5.41, 5.74) is 9.48. The SMILES string of the molecule is [N-]=[N+]=NCCOCCOCCOCCOCCOCCOc1cc(CO)cc(CO)c1. The molecule has 1 aromatic rings. The Morgan fingerprint density at radius 3 is 1.48 bits per heavy atom. The maximum Gasteiger partial charge on any atom is 0.120 e. The summed E-state index contributed by atoms with van der Waals surface area (Å²) < 4.78 is 32.3. The molecule has 0 aliphatic heterocycles. The summed E-state index contributed by atoms with van der Waals surface area (Å²) in [5.74, 6) is 0.592. The van der Waals surface area contributed by atoms with Crippen LogP contribution in [0.4, 0.5) is 0 Å². The Morgan fingerprint density at radius 1 is 0.645 bits per heavy atom. The van der Waals surface area contributed by atoms with Gasteiger partial charge in [0.05, 0.1) is 79.3 Å². The minimum Gasteiger partial charge on any atom is -0.491 e. The van der Waals surface area contributed by atoms with E-state index in [-0.39, 0.29) is 13.2 Å². The molecular weight excluding hydrogens is 410 g/mol. The first-order valence-corrected chi connectivity index (χ1v) is 10.2. The number of aliphatic hydroxyl groups excluding tert-OH is 2. The van der Waals surface area contributed by atoms with Crippen molar-refractivity contribution in [2.45, 2.75) is 13.2 Å². The number of hydrogen-bond acceptors (Lipinski definition) is 9. The van der Waals surface area contributed by atoms with E-state index < -0.39 is 0 Å². The summed E-state index contributed by atoms with van der Waals surface area (Å²) in [6, 6.07) is 5.19. The van der Waals surface area contributed by atoms with E-state index in [1.807, 2.05) is 0 Å². The van der Waals surface area contributed by atoms with Crippen LogP contribution >= 0.6 is 0 Å². The minimum atomic E-state index is -0.106. The third-order valence-corrected chi connectivity index (χ3v) is 3.77. The normalized spacial score (nSPS) is 10.8. The van der Waals surface area contributed by atoms with Crippen molar-refractivity contribution < 1.29 is 38.6 Å². The molecule has 0 saturated heterocycles. The fraction of sp³-hybridized carbons (Fsp3) is 0.700. The molecule has 0 radical (unpaired) electrons. The van der Waals surface area contributed by atoms with Gasteiger partial charge in [-0.25, -0.2) is 0 Å². The van der Waals surface area contributed by atoms with Crippen LogP contribution in [-0.4, -0.2) is 89.4 Å². The number of nitrogens with zero attached hydrogens (tertiary/aromatic N) is 3. The van der Waals surface area contributed by atoms with Crippen LogP contribution in [0.15, 0.2) is 23.3 Å². The molecule has 0 spiro atoms. The van der Waals surface area contributed by atoms with Crippen molar-refractivity contribution >= 4 is 0 Å². The smallest absolute Gasteiger partial charge is 0.120 e. The largest absolute Gasteiger partial charge is 0.491 e. The summed E-state index contributed by atoms with van der Waals surface area (Å²) in [4.78, 5) is 2.63. The van der Waals surface area contributed by atoms with E-state index >= 15 is 0 Å². The van der Waals surface area contributed by atoms with Gasteiger partial charge in [-0.1, -0.05) is 11.2 Å². The Balaban J connectivity index is 1.83. The van der Waals surface area contributed by atoms with Crippen LogP contribution in [0.2, 0.25) is 0 Å². The zero-order valence-corrected chi connectivity index (χ0v) is 17.8. The molecule has 0 heterocycles. The van der Waals surface area contributed by atoms with E-state index in [1.54, 1.807) is 18.2 Å². The molecule has 0 fully saturated rings. The van der Waals surface area contributed by atoms with Crippen molar-refractivity contribution in [2.75, 3.05) is 79.2 Å². The number of ether oxygens (including phenoxy) is 6. The Morgan fingerprint density at radius 2 is 1.06 bits per heavy atom. The van der Waals surface area contributed by atoms with Crippen LogP contribution in [0.25, 0.3) is 10.4 Å². The van der Waals surface area contributed by atoms with Crippen molar-refractivity contribution in [3.8, 4) is 5.75 Å². The van der Waals surface area contributed by atoms with Gasteiger partial charge in [0.1, 0.15) is 12.4 Å². The molecule has 0 unspecified atom stereocenters. The molecule has 31 heavy (non-hydrogen) atoms. The monoisotopic (exact) mass is 443 g/mol. The van der Waals surface area contributed by atoms with Gasteiger partial charge in [-0.05, 0) is 28.8 Å². The van der Waals surface area contributed by atoms with Gasteiger partial charge < -0.3 is 38.6 Å². The molecule has 0 saturated carbocycles. The first-order valence-electron chi connectivity index (χ1n) is 10.2. The summed E-state index contributed by atoms with van der Waals surface area (Å²) in [7, 11) is 0. The molecule has 11 heteroatoms. The van der Waals surface area contributed by atoms with Crippen LogP contribution in [-0.2, 0) is 36.9 Å². The Bertz CT molecular complexity index is 592. The molecule has 0 aromatic heterocycles. The quantitative estimate of drug-likeness (QED) is 0.126. The van der Waals surface area contributed by atoms with Crippen LogP contribution in [0.3, 0.4) is 0 Å². The van der Waals surface area contributed by atoms with Crippen molar-refractivity contribution in [1.82, 2.24) is 0 Å². The van der Waals surface area contributed by atoms with Gasteiger partial charge in [0.15, 0.2) is 0 Å². The maximum atomic E-state index is 9.21. The van der Waals surface area contributed by atoms with Crippen LogP contribution in [0.1, 0.15) is 11.1 Å². The topological polar surface area (TPSA) is 145 Å². The maximum absolute atomic E-state index is 9.21. The van der Waals surface area contributed by atoms with Crippen molar-refractivity contribution in [3.05, 3.63) is 39.8 Å². The molecule has 176 valence electrons. The molecule has 2 N–H and O–H groups in total. The van der Waals surface area contributed by atoms with Gasteiger partial charge in [0, 0.05) is 11.5 Å². The average molecular weight is 443 g/mol. The average Bonchev–Trinajstić information content (AvgIpc) is 2.80. The van der Waals surface area contributed by atoms with Crippen LogP contribution in [0.5, 0.6) is 5.75 Å². The molecule has 0 aliphatic carbocycles. The number of benzene rings is 1. The molecule has 0 atom stereocenters. The molecule has 0 amide bonds. The highest BCUT2D eigenvalue weighted by atomic mass is 16.6. The minimum absolute atomic E-state index is 0.106. The first kappa shape index (κ1) is 27.1. The van der Waals surface area contributed by atoms with Crippen molar-refractivity contribution in [2.24, 2.45) is 5.11 Å². The van der Waals surface area contributed by atoms with E-state index in [0.29, 0.717) is 96.1 Å². The molecule has 0 bridgehead atoms. The fourth-order valence-corrected chi connectivity index (χ4v) is 2.34. The second kappa shape index (κ2) is 20.0. The number of rotatable bonds is 21. The lowest BCUT2D eigenvalue weighted by molar-refractivity contribution is -0.0122. The third kappa shape index (κ3) is 15.5. The first-order chi connectivity index (χ1) is 15.3. The lowest BCUT2D eigenvalue weighted by Crippen LogP contribution is -2.14. The Hall–Kier alpha value is -1.95. The van der Waals surface area contributed by atoms with Crippen LogP contribution < -0.4 is 4.74 Å². The van der Waals surface area contributed by atoms with E-state index in [1.165, 1.54) is 0 Å². The molecule has 1 rings (SSSR count). The zero-order valence-electron chi connectivity index (χ0n) is 17.8. The molecular formula is C20H33N3O8. The summed E-state index contributed by atoms with van der Waals surface area (Å²) in [6.45, 7) is 5.00. The van der Waals surface area contributed by atoms with Gasteiger partial charge in [-0.15, -0.1) is 0 Å². The summed E-state index contributed by atoms with van der Waals surface area (Å²) in [5, 5.41) is 21.8. The second-order valence-corrected chi connectivity index (χ2v) is 6.17. The fourth-order valence-electron chi connectivity index (χ4n) is 2.34. The number of azide groups is 1. The van der Waals surface area contributed by atoms with Gasteiger partial charge in [-0.3, -0.25) is 0 Å². The highest BCUT2D eigenvalue weighted by Gasteiger charge is 2.01. The summed E-state index contributed by atoms with van der Waals surface area (Å²) >= 11 is 0. The van der Waals surface area contributed by atoms with Crippen LogP contribution in [0, 0.1) is 0 Å². The second-order valence-electron chi connectivity index (χ2n) is 6.17. The lowest BCUT2D eigenvalue weighted by Gasteiger charge is -2.10. The van der Waals surface area contributed by atoms with E-state index in [9.17, 15) is 10.2 Å². The highest BCUT2D eigenvalue weighted by Crippen LogP contribution is 2.17. The number of aliphatic hydroxyl groups is 2. The van der Waals surface area contributed by atoms with Gasteiger partial charge in [0.2, 0.25) is 0 Å². The Labute approximate surface area is 182 Å². The predicted octanol–water partition coefficient (Wildman–Crippen LogP) is 1.44.